The number of rotatable bonds is 9. The number of guanidine groups is 1. The lowest BCUT2D eigenvalue weighted by atomic mass is 9.80. The van der Waals surface area contributed by atoms with Gasteiger partial charge in [0.15, 0.2) is 0 Å². The maximum atomic E-state index is 12.9. The summed E-state index contributed by atoms with van der Waals surface area (Å²) in [6, 6.07) is -0.0415. The first-order chi connectivity index (χ1) is 19.1. The number of aliphatic imine (C=N–C) groups is 1. The highest BCUT2D eigenvalue weighted by Gasteiger charge is 2.45. The van der Waals surface area contributed by atoms with Gasteiger partial charge in [0.1, 0.15) is 11.2 Å². The Labute approximate surface area is 242 Å². The summed E-state index contributed by atoms with van der Waals surface area (Å²) in [5.74, 6) is -0.566. The van der Waals surface area contributed by atoms with E-state index in [2.05, 4.69) is 20.9 Å². The molecule has 13 heteroatoms. The number of ether oxygens (including phenoxy) is 3. The van der Waals surface area contributed by atoms with Crippen LogP contribution in [0, 0.1) is 11.8 Å². The van der Waals surface area contributed by atoms with Crippen LogP contribution in [0.4, 0.5) is 9.59 Å². The van der Waals surface area contributed by atoms with E-state index in [0.29, 0.717) is 58.2 Å². The molecule has 2 heterocycles. The van der Waals surface area contributed by atoms with Crippen LogP contribution in [0.25, 0.3) is 0 Å². The Morgan fingerprint density at radius 3 is 2.17 bits per heavy atom. The largest absolute Gasteiger partial charge is 0.466 e. The van der Waals surface area contributed by atoms with Gasteiger partial charge >= 0.3 is 18.2 Å². The number of fused-ring (bicyclic) bond motifs is 1. The van der Waals surface area contributed by atoms with Gasteiger partial charge in [-0.3, -0.25) is 30.0 Å². The Hall–Kier alpha value is -3.38. The van der Waals surface area contributed by atoms with E-state index in [1.165, 1.54) is 0 Å². The average molecular weight is 582 g/mol. The van der Waals surface area contributed by atoms with Crippen LogP contribution in [-0.4, -0.2) is 84.3 Å². The van der Waals surface area contributed by atoms with E-state index in [-0.39, 0.29) is 48.2 Å². The Balaban J connectivity index is 1.87. The van der Waals surface area contributed by atoms with Crippen molar-refractivity contribution in [2.24, 2.45) is 16.8 Å². The lowest BCUT2D eigenvalue weighted by molar-refractivity contribution is -0.146. The second kappa shape index (κ2) is 15.0. The fourth-order valence-corrected chi connectivity index (χ4v) is 4.68. The molecule has 0 aliphatic carbocycles. The SMILES string of the molecule is CCOC(=O)CCC1CN2C(=O)CCC(C(=O)NCCCN=C(NC(=O)OC(C)(C)C)NC(=O)OC(C)(C)C)CC12. The molecule has 0 spiro atoms. The zero-order valence-corrected chi connectivity index (χ0v) is 25.5. The van der Waals surface area contributed by atoms with E-state index >= 15 is 0 Å². The van der Waals surface area contributed by atoms with Crippen LogP contribution in [0.1, 0.15) is 87.0 Å². The minimum Gasteiger partial charge on any atom is -0.466 e. The lowest BCUT2D eigenvalue weighted by Gasteiger charge is -2.48. The van der Waals surface area contributed by atoms with E-state index in [4.69, 9.17) is 14.2 Å². The van der Waals surface area contributed by atoms with Crippen molar-refractivity contribution in [3.05, 3.63) is 0 Å². The first-order valence-electron chi connectivity index (χ1n) is 14.3. The van der Waals surface area contributed by atoms with Gasteiger partial charge in [0, 0.05) is 44.4 Å². The molecule has 0 bridgehead atoms. The summed E-state index contributed by atoms with van der Waals surface area (Å²) < 4.78 is 15.5. The number of nitrogens with one attached hydrogen (secondary N) is 3. The van der Waals surface area contributed by atoms with E-state index in [1.807, 2.05) is 4.90 Å². The Morgan fingerprint density at radius 1 is 1.00 bits per heavy atom. The van der Waals surface area contributed by atoms with Crippen LogP contribution in [-0.2, 0) is 28.6 Å². The number of nitrogens with zero attached hydrogens (tertiary/aromatic N) is 2. The molecule has 2 fully saturated rings. The predicted octanol–water partition coefficient (Wildman–Crippen LogP) is 2.87. The van der Waals surface area contributed by atoms with Gasteiger partial charge in [-0.2, -0.15) is 0 Å². The molecule has 3 N–H and O–H groups in total. The molecule has 0 aromatic carbocycles. The van der Waals surface area contributed by atoms with Crippen LogP contribution in [0.5, 0.6) is 0 Å². The van der Waals surface area contributed by atoms with Crippen molar-refractivity contribution in [1.82, 2.24) is 20.9 Å². The topological polar surface area (TPSA) is 165 Å². The number of carbonyl (C=O) groups is 5. The Kier molecular flexibility index (Phi) is 12.4. The van der Waals surface area contributed by atoms with Gasteiger partial charge in [-0.1, -0.05) is 0 Å². The summed E-state index contributed by atoms with van der Waals surface area (Å²) in [4.78, 5) is 67.7. The van der Waals surface area contributed by atoms with Gasteiger partial charge < -0.3 is 24.4 Å². The molecule has 0 saturated carbocycles. The smallest absolute Gasteiger partial charge is 0.414 e. The number of alkyl carbamates (subject to hydrolysis) is 2. The third kappa shape index (κ3) is 12.3. The van der Waals surface area contributed by atoms with E-state index in [9.17, 15) is 24.0 Å². The quantitative estimate of drug-likeness (QED) is 0.123. The van der Waals surface area contributed by atoms with E-state index in [1.54, 1.807) is 48.5 Å². The molecule has 232 valence electrons. The molecule has 2 saturated heterocycles. The third-order valence-corrected chi connectivity index (χ3v) is 6.47. The summed E-state index contributed by atoms with van der Waals surface area (Å²) in [7, 11) is 0. The van der Waals surface area contributed by atoms with Gasteiger partial charge in [-0.05, 0) is 80.1 Å². The standard InChI is InChI=1S/C28H47N5O8/c1-8-39-22(35)13-11-19-17-33-20(19)16-18(10-12-21(33)34)23(36)29-14-9-15-30-24(31-25(37)40-27(2,3)4)32-26(38)41-28(5,6)7/h18-20H,8-17H2,1-7H3,(H,29,36)(H2,30,31,32,37,38). The molecule has 2 aliphatic heterocycles. The average Bonchev–Trinajstić information content (AvgIpc) is 2.92. The monoisotopic (exact) mass is 581 g/mol. The number of esters is 1. The molecule has 4 amide bonds. The first kappa shape index (κ1) is 33.8. The van der Waals surface area contributed by atoms with Crippen molar-refractivity contribution in [2.75, 3.05) is 26.2 Å². The summed E-state index contributed by atoms with van der Waals surface area (Å²) >= 11 is 0. The number of hydrogen-bond acceptors (Lipinski definition) is 9. The molecular formula is C28H47N5O8. The Bertz CT molecular complexity index is 953. The maximum Gasteiger partial charge on any atom is 0.414 e. The second-order valence-electron chi connectivity index (χ2n) is 12.3. The van der Waals surface area contributed by atoms with Crippen molar-refractivity contribution < 1.29 is 38.2 Å². The minimum absolute atomic E-state index is 0.0415. The number of carbonyl (C=O) groups excluding carboxylic acids is 5. The van der Waals surface area contributed by atoms with Crippen LogP contribution in [0.3, 0.4) is 0 Å². The fraction of sp³-hybridized carbons (Fsp3) is 0.786. The second-order valence-corrected chi connectivity index (χ2v) is 12.3. The predicted molar refractivity (Wildman–Crippen MR) is 151 cm³/mol. The first-order valence-corrected chi connectivity index (χ1v) is 14.3. The Morgan fingerprint density at radius 2 is 1.61 bits per heavy atom. The highest BCUT2D eigenvalue weighted by atomic mass is 16.6. The van der Waals surface area contributed by atoms with Crippen LogP contribution in [0.2, 0.25) is 0 Å². The van der Waals surface area contributed by atoms with Gasteiger partial charge in [0.05, 0.1) is 6.61 Å². The third-order valence-electron chi connectivity index (χ3n) is 6.47. The van der Waals surface area contributed by atoms with Gasteiger partial charge in [0.2, 0.25) is 17.8 Å². The summed E-state index contributed by atoms with van der Waals surface area (Å²) in [6.45, 7) is 13.5. The molecular weight excluding hydrogens is 534 g/mol. The highest BCUT2D eigenvalue weighted by Crippen LogP contribution is 2.37. The highest BCUT2D eigenvalue weighted by molar-refractivity contribution is 6.01. The molecule has 3 unspecified atom stereocenters. The lowest BCUT2D eigenvalue weighted by Crippen LogP contribution is -2.58. The van der Waals surface area contributed by atoms with Gasteiger partial charge in [-0.25, -0.2) is 9.59 Å². The molecule has 2 aliphatic rings. The van der Waals surface area contributed by atoms with Crippen LogP contribution < -0.4 is 16.0 Å². The molecule has 41 heavy (non-hydrogen) atoms. The van der Waals surface area contributed by atoms with Crippen molar-refractivity contribution in [2.45, 2.75) is 104 Å². The van der Waals surface area contributed by atoms with Crippen molar-refractivity contribution in [1.29, 1.82) is 0 Å². The van der Waals surface area contributed by atoms with Gasteiger partial charge in [-0.15, -0.1) is 0 Å². The summed E-state index contributed by atoms with van der Waals surface area (Å²) in [5, 5.41) is 7.76. The molecule has 0 aromatic heterocycles. The van der Waals surface area contributed by atoms with Gasteiger partial charge in [0.25, 0.3) is 0 Å². The number of hydrogen-bond donors (Lipinski definition) is 3. The number of amides is 4. The minimum atomic E-state index is -0.783. The van der Waals surface area contributed by atoms with Crippen molar-refractivity contribution in [3.63, 3.8) is 0 Å². The molecule has 0 radical (unpaired) electrons. The zero-order valence-electron chi connectivity index (χ0n) is 25.5. The normalized spacial score (nSPS) is 20.4. The summed E-state index contributed by atoms with van der Waals surface area (Å²) in [6.07, 6.45) is 1.17. The molecule has 2 rings (SSSR count). The van der Waals surface area contributed by atoms with E-state index < -0.39 is 23.4 Å². The zero-order chi connectivity index (χ0) is 30.8. The van der Waals surface area contributed by atoms with Crippen molar-refractivity contribution >= 4 is 35.9 Å². The van der Waals surface area contributed by atoms with Crippen LogP contribution >= 0.6 is 0 Å². The summed E-state index contributed by atoms with van der Waals surface area (Å²) in [5.41, 5.74) is -1.49. The fourth-order valence-electron chi connectivity index (χ4n) is 4.68. The molecule has 0 aromatic rings. The molecule has 3 atom stereocenters. The van der Waals surface area contributed by atoms with Crippen LogP contribution in [0.15, 0.2) is 4.99 Å². The van der Waals surface area contributed by atoms with Crippen molar-refractivity contribution in [3.8, 4) is 0 Å². The molecule has 13 nitrogen and oxygen atoms in total. The van der Waals surface area contributed by atoms with E-state index in [0.717, 1.165) is 0 Å². The maximum absolute atomic E-state index is 12.9.